The van der Waals surface area contributed by atoms with E-state index in [1.54, 1.807) is 0 Å². The van der Waals surface area contributed by atoms with Crippen LogP contribution in [-0.4, -0.2) is 11.3 Å². The molecule has 0 N–H and O–H groups in total. The zero-order valence-corrected chi connectivity index (χ0v) is 22.0. The van der Waals surface area contributed by atoms with Gasteiger partial charge in [0, 0.05) is 0 Å². The molecule has 5 rings (SSSR count). The molecule has 1 aliphatic carbocycles. The second-order valence-corrected chi connectivity index (χ2v) is 14.6. The van der Waals surface area contributed by atoms with Gasteiger partial charge in [0.2, 0.25) is 0 Å². The maximum atomic E-state index is 2.54. The van der Waals surface area contributed by atoms with E-state index in [-0.39, 0.29) is 15.8 Å². The molecule has 0 spiro atoms. The van der Waals surface area contributed by atoms with Crippen molar-refractivity contribution in [3.8, 4) is 0 Å². The summed E-state index contributed by atoms with van der Waals surface area (Å²) in [4.78, 5) is 0. The second kappa shape index (κ2) is 11.0. The van der Waals surface area contributed by atoms with Gasteiger partial charge in [-0.2, -0.15) is 0 Å². The molecule has 172 valence electrons. The Morgan fingerprint density at radius 1 is 0.441 bits per heavy atom. The summed E-state index contributed by atoms with van der Waals surface area (Å²) < 4.78 is 0. The zero-order chi connectivity index (χ0) is 23.3. The maximum Gasteiger partial charge on any atom is -0.0126 e. The molecular weight excluding hydrogens is 446 g/mol. The van der Waals surface area contributed by atoms with Crippen LogP contribution >= 0.6 is 15.8 Å². The van der Waals surface area contributed by atoms with E-state index < -0.39 is 0 Å². The van der Waals surface area contributed by atoms with Gasteiger partial charge in [-0.05, 0) is 73.1 Å². The number of hydrogen-bond donors (Lipinski definition) is 0. The third-order valence-electron chi connectivity index (χ3n) is 7.57. The van der Waals surface area contributed by atoms with Crippen molar-refractivity contribution >= 4 is 37.1 Å². The summed E-state index contributed by atoms with van der Waals surface area (Å²) >= 11 is 0. The van der Waals surface area contributed by atoms with Crippen molar-refractivity contribution in [2.24, 2.45) is 11.8 Å². The van der Waals surface area contributed by atoms with Gasteiger partial charge in [-0.1, -0.05) is 135 Å². The summed E-state index contributed by atoms with van der Waals surface area (Å²) in [5.74, 6) is 1.55. The van der Waals surface area contributed by atoms with E-state index in [2.05, 4.69) is 135 Å². The van der Waals surface area contributed by atoms with Crippen LogP contribution in [0.5, 0.6) is 0 Å². The highest BCUT2D eigenvalue weighted by atomic mass is 31.1. The van der Waals surface area contributed by atoms with Crippen LogP contribution in [0.1, 0.15) is 26.7 Å². The molecule has 0 unspecified atom stereocenters. The smallest absolute Gasteiger partial charge is 0.0126 e. The van der Waals surface area contributed by atoms with Crippen molar-refractivity contribution in [3.63, 3.8) is 0 Å². The Bertz CT molecular complexity index is 971. The molecule has 0 aromatic heterocycles. The Labute approximate surface area is 208 Å². The van der Waals surface area contributed by atoms with Crippen LogP contribution in [0.25, 0.3) is 0 Å². The minimum atomic E-state index is -0.378. The highest BCUT2D eigenvalue weighted by Crippen LogP contribution is 2.57. The van der Waals surface area contributed by atoms with E-state index in [0.29, 0.717) is 11.3 Å². The topological polar surface area (TPSA) is 0 Å². The lowest BCUT2D eigenvalue weighted by molar-refractivity contribution is 0.174. The summed E-state index contributed by atoms with van der Waals surface area (Å²) in [6.07, 6.45) is 2.73. The van der Waals surface area contributed by atoms with Gasteiger partial charge in [0.15, 0.2) is 0 Å². The summed E-state index contributed by atoms with van der Waals surface area (Å²) in [5.41, 5.74) is 1.34. The van der Waals surface area contributed by atoms with Crippen molar-refractivity contribution in [3.05, 3.63) is 121 Å². The molecule has 4 aromatic rings. The summed E-state index contributed by atoms with van der Waals surface area (Å²) in [5, 5.41) is 6.07. The van der Waals surface area contributed by atoms with Gasteiger partial charge in [0.25, 0.3) is 0 Å². The average Bonchev–Trinajstić information content (AvgIpc) is 2.86. The van der Waals surface area contributed by atoms with Crippen LogP contribution < -0.4 is 21.2 Å². The molecule has 1 saturated carbocycles. The molecule has 34 heavy (non-hydrogen) atoms. The minimum absolute atomic E-state index is 0.378. The fourth-order valence-electron chi connectivity index (χ4n) is 5.73. The number of rotatable bonds is 8. The molecule has 1 aliphatic rings. The fourth-order valence-corrected chi connectivity index (χ4v) is 11.7. The van der Waals surface area contributed by atoms with Crippen LogP contribution in [0, 0.1) is 11.8 Å². The van der Waals surface area contributed by atoms with Gasteiger partial charge < -0.3 is 0 Å². The van der Waals surface area contributed by atoms with Gasteiger partial charge in [0.05, 0.1) is 0 Å². The number of hydrogen-bond acceptors (Lipinski definition) is 0. The Kier molecular flexibility index (Phi) is 7.59. The molecule has 0 radical (unpaired) electrons. The van der Waals surface area contributed by atoms with Crippen molar-refractivity contribution in [2.45, 2.75) is 38.0 Å². The Hall–Kier alpha value is -2.26. The van der Waals surface area contributed by atoms with Crippen molar-refractivity contribution in [2.75, 3.05) is 0 Å². The van der Waals surface area contributed by atoms with Gasteiger partial charge in [0.1, 0.15) is 0 Å². The third kappa shape index (κ3) is 4.91. The third-order valence-corrected chi connectivity index (χ3v) is 13.4. The van der Waals surface area contributed by atoms with E-state index in [4.69, 9.17) is 0 Å². The summed E-state index contributed by atoms with van der Waals surface area (Å²) in [7, 11) is -0.756. The van der Waals surface area contributed by atoms with Crippen molar-refractivity contribution in [1.29, 1.82) is 0 Å². The molecule has 0 bridgehead atoms. The molecule has 0 heterocycles. The van der Waals surface area contributed by atoms with Gasteiger partial charge in [-0.3, -0.25) is 0 Å². The molecule has 0 amide bonds. The van der Waals surface area contributed by atoms with Crippen LogP contribution in [0.3, 0.4) is 0 Å². The molecular formula is C32H34P2. The SMILES string of the molecule is C[C@H]([C@H]1CC[C@@H]1[C@@H](C)P(c1ccccc1)c1ccccc1)P(c1ccccc1)c1ccccc1. The molecule has 0 aliphatic heterocycles. The highest BCUT2D eigenvalue weighted by molar-refractivity contribution is 7.74. The first kappa shape index (κ1) is 23.5. The lowest BCUT2D eigenvalue weighted by Crippen LogP contribution is -2.43. The first-order valence-electron chi connectivity index (χ1n) is 12.5. The van der Waals surface area contributed by atoms with Crippen molar-refractivity contribution < 1.29 is 0 Å². The van der Waals surface area contributed by atoms with E-state index >= 15 is 0 Å². The van der Waals surface area contributed by atoms with Crippen LogP contribution in [0.4, 0.5) is 0 Å². The first-order chi connectivity index (χ1) is 16.7. The molecule has 0 nitrogen and oxygen atoms in total. The fraction of sp³-hybridized carbons (Fsp3) is 0.250. The van der Waals surface area contributed by atoms with E-state index in [9.17, 15) is 0 Å². The predicted octanol–water partition coefficient (Wildman–Crippen LogP) is 7.06. The largest absolute Gasteiger partial charge is 0.0622 e. The molecule has 0 saturated heterocycles. The monoisotopic (exact) mass is 480 g/mol. The minimum Gasteiger partial charge on any atom is -0.0622 e. The average molecular weight is 481 g/mol. The molecule has 1 fully saturated rings. The van der Waals surface area contributed by atoms with E-state index in [1.807, 2.05) is 0 Å². The van der Waals surface area contributed by atoms with E-state index in [0.717, 1.165) is 11.8 Å². The zero-order valence-electron chi connectivity index (χ0n) is 20.2. The van der Waals surface area contributed by atoms with Crippen LogP contribution in [0.15, 0.2) is 121 Å². The first-order valence-corrected chi connectivity index (χ1v) is 15.3. The lowest BCUT2D eigenvalue weighted by Gasteiger charge is -2.48. The summed E-state index contributed by atoms with van der Waals surface area (Å²) in [6.45, 7) is 5.09. The lowest BCUT2D eigenvalue weighted by atomic mass is 9.70. The van der Waals surface area contributed by atoms with Crippen molar-refractivity contribution in [1.82, 2.24) is 0 Å². The van der Waals surface area contributed by atoms with Gasteiger partial charge in [-0.25, -0.2) is 0 Å². The quantitative estimate of drug-likeness (QED) is 0.237. The second-order valence-electron chi connectivity index (χ2n) is 9.47. The van der Waals surface area contributed by atoms with Crippen LogP contribution in [-0.2, 0) is 0 Å². The predicted molar refractivity (Wildman–Crippen MR) is 153 cm³/mol. The molecule has 2 heteroatoms. The molecule has 4 atom stereocenters. The van der Waals surface area contributed by atoms with Crippen LogP contribution in [0.2, 0.25) is 0 Å². The normalized spacial score (nSPS) is 19.5. The highest BCUT2D eigenvalue weighted by Gasteiger charge is 2.43. The van der Waals surface area contributed by atoms with E-state index in [1.165, 1.54) is 34.1 Å². The Morgan fingerprint density at radius 2 is 0.676 bits per heavy atom. The Balaban J connectivity index is 1.46. The molecule has 4 aromatic carbocycles. The van der Waals surface area contributed by atoms with Gasteiger partial charge in [-0.15, -0.1) is 0 Å². The standard InChI is InChI=1S/C32H34P2/c1-25(33(27-15-7-3-8-16-27)28-17-9-4-10-18-28)31-23-24-32(31)26(2)34(29-19-11-5-12-20-29)30-21-13-6-14-22-30/h3-22,25-26,31-32H,23-24H2,1-2H3/t25-,26-,31-,32-/m1/s1. The van der Waals surface area contributed by atoms with Gasteiger partial charge >= 0.3 is 0 Å². The summed E-state index contributed by atoms with van der Waals surface area (Å²) in [6, 6.07) is 45.1. The number of benzene rings is 4. The maximum absolute atomic E-state index is 2.54. The Morgan fingerprint density at radius 3 is 0.882 bits per heavy atom.